The van der Waals surface area contributed by atoms with E-state index in [0.29, 0.717) is 11.4 Å². The van der Waals surface area contributed by atoms with Crippen LogP contribution >= 0.6 is 11.6 Å². The fourth-order valence-electron chi connectivity index (χ4n) is 1.61. The van der Waals surface area contributed by atoms with E-state index in [2.05, 4.69) is 15.5 Å². The molecule has 0 aliphatic rings. The number of tetrazole rings is 1. The van der Waals surface area contributed by atoms with Crippen LogP contribution in [0.15, 0.2) is 18.2 Å². The Kier molecular flexibility index (Phi) is 3.38. The summed E-state index contributed by atoms with van der Waals surface area (Å²) in [7, 11) is 0. The summed E-state index contributed by atoms with van der Waals surface area (Å²) in [5.41, 5.74) is 1.43. The zero-order chi connectivity index (χ0) is 12.4. The normalized spacial score (nSPS) is 12.7. The fraction of sp³-hybridized carbons (Fsp3) is 0.364. The van der Waals surface area contributed by atoms with Gasteiger partial charge in [-0.05, 0) is 41.5 Å². The number of halogens is 2. The predicted octanol–water partition coefficient (Wildman–Crippen LogP) is 2.47. The summed E-state index contributed by atoms with van der Waals surface area (Å²) in [6, 6.07) is 4.96. The van der Waals surface area contributed by atoms with Gasteiger partial charge in [0.05, 0.1) is 11.9 Å². The molecule has 1 aromatic heterocycles. The number of rotatable bonds is 3. The van der Waals surface area contributed by atoms with Crippen LogP contribution in [0.25, 0.3) is 0 Å². The number of nitrogens with zero attached hydrogens (tertiary/aromatic N) is 4. The second-order valence-electron chi connectivity index (χ2n) is 3.86. The third-order valence-corrected chi connectivity index (χ3v) is 2.96. The van der Waals surface area contributed by atoms with Crippen LogP contribution in [0, 0.1) is 12.7 Å². The minimum absolute atomic E-state index is 0.145. The van der Waals surface area contributed by atoms with E-state index in [0.717, 1.165) is 5.56 Å². The Labute approximate surface area is 103 Å². The Morgan fingerprint density at radius 1 is 1.47 bits per heavy atom. The molecule has 0 aliphatic heterocycles. The first-order chi connectivity index (χ1) is 8.13. The standard InChI is InChI=1S/C11H12ClFN4/c1-7-3-4-9(5-10(7)13)8(2)17-11(6-12)14-15-16-17/h3-5,8H,6H2,1-2H3. The van der Waals surface area contributed by atoms with E-state index in [9.17, 15) is 4.39 Å². The summed E-state index contributed by atoms with van der Waals surface area (Å²) in [5.74, 6) is 0.570. The van der Waals surface area contributed by atoms with Crippen molar-refractivity contribution in [3.8, 4) is 0 Å². The number of hydrogen-bond acceptors (Lipinski definition) is 3. The summed E-state index contributed by atoms with van der Waals surface area (Å²) in [5, 5.41) is 11.2. The molecule has 17 heavy (non-hydrogen) atoms. The highest BCUT2D eigenvalue weighted by Crippen LogP contribution is 2.20. The van der Waals surface area contributed by atoms with Gasteiger partial charge in [0.2, 0.25) is 0 Å². The Hall–Kier alpha value is -1.49. The van der Waals surface area contributed by atoms with Crippen molar-refractivity contribution < 1.29 is 4.39 Å². The lowest BCUT2D eigenvalue weighted by molar-refractivity contribution is 0.523. The number of benzene rings is 1. The number of aryl methyl sites for hydroxylation is 1. The molecule has 0 spiro atoms. The van der Waals surface area contributed by atoms with Crippen LogP contribution in [0.5, 0.6) is 0 Å². The Morgan fingerprint density at radius 2 is 2.24 bits per heavy atom. The zero-order valence-corrected chi connectivity index (χ0v) is 10.3. The molecule has 0 aliphatic carbocycles. The molecule has 2 rings (SSSR count). The van der Waals surface area contributed by atoms with E-state index in [1.807, 2.05) is 13.0 Å². The molecule has 0 bridgehead atoms. The van der Waals surface area contributed by atoms with E-state index in [4.69, 9.17) is 11.6 Å². The molecular formula is C11H12ClFN4. The molecule has 1 unspecified atom stereocenters. The van der Waals surface area contributed by atoms with Gasteiger partial charge in [-0.15, -0.1) is 16.7 Å². The van der Waals surface area contributed by atoms with E-state index in [1.54, 1.807) is 17.7 Å². The number of hydrogen-bond donors (Lipinski definition) is 0. The minimum Gasteiger partial charge on any atom is -0.221 e. The molecule has 0 saturated heterocycles. The molecule has 2 aromatic rings. The van der Waals surface area contributed by atoms with Gasteiger partial charge >= 0.3 is 0 Å². The second kappa shape index (κ2) is 4.79. The second-order valence-corrected chi connectivity index (χ2v) is 4.13. The van der Waals surface area contributed by atoms with Crippen LogP contribution in [0.3, 0.4) is 0 Å². The predicted molar refractivity (Wildman–Crippen MR) is 62.3 cm³/mol. The maximum absolute atomic E-state index is 13.5. The van der Waals surface area contributed by atoms with Gasteiger partial charge in [0, 0.05) is 0 Å². The van der Waals surface area contributed by atoms with Gasteiger partial charge in [0.25, 0.3) is 0 Å². The van der Waals surface area contributed by atoms with E-state index in [1.165, 1.54) is 6.07 Å². The van der Waals surface area contributed by atoms with Gasteiger partial charge in [-0.3, -0.25) is 0 Å². The average molecular weight is 255 g/mol. The molecule has 1 atom stereocenters. The van der Waals surface area contributed by atoms with Crippen LogP contribution in [0.4, 0.5) is 4.39 Å². The molecule has 4 nitrogen and oxygen atoms in total. The summed E-state index contributed by atoms with van der Waals surface area (Å²) < 4.78 is 15.1. The average Bonchev–Trinajstić information content (AvgIpc) is 2.80. The fourth-order valence-corrected chi connectivity index (χ4v) is 1.79. The Bertz CT molecular complexity index is 526. The van der Waals surface area contributed by atoms with Gasteiger partial charge in [-0.2, -0.15) is 0 Å². The van der Waals surface area contributed by atoms with Crippen molar-refractivity contribution in [3.05, 3.63) is 41.0 Å². The highest BCUT2D eigenvalue weighted by Gasteiger charge is 2.15. The quantitative estimate of drug-likeness (QED) is 0.791. The van der Waals surface area contributed by atoms with Crippen molar-refractivity contribution in [2.24, 2.45) is 0 Å². The topological polar surface area (TPSA) is 43.6 Å². The van der Waals surface area contributed by atoms with Gasteiger partial charge < -0.3 is 0 Å². The first-order valence-electron chi connectivity index (χ1n) is 5.22. The number of aromatic nitrogens is 4. The first kappa shape index (κ1) is 12.0. The lowest BCUT2D eigenvalue weighted by Crippen LogP contribution is -2.12. The van der Waals surface area contributed by atoms with Gasteiger partial charge in [-0.1, -0.05) is 12.1 Å². The minimum atomic E-state index is -0.227. The summed E-state index contributed by atoms with van der Waals surface area (Å²) in [6.45, 7) is 3.63. The van der Waals surface area contributed by atoms with E-state index < -0.39 is 0 Å². The molecule has 0 N–H and O–H groups in total. The lowest BCUT2D eigenvalue weighted by Gasteiger charge is -2.13. The molecule has 0 radical (unpaired) electrons. The first-order valence-corrected chi connectivity index (χ1v) is 5.75. The largest absolute Gasteiger partial charge is 0.221 e. The Morgan fingerprint density at radius 3 is 2.88 bits per heavy atom. The van der Waals surface area contributed by atoms with Crippen LogP contribution in [0.2, 0.25) is 0 Å². The Balaban J connectivity index is 2.36. The molecular weight excluding hydrogens is 243 g/mol. The highest BCUT2D eigenvalue weighted by atomic mass is 35.5. The molecule has 0 amide bonds. The van der Waals surface area contributed by atoms with Gasteiger partial charge in [0.1, 0.15) is 5.82 Å². The van der Waals surface area contributed by atoms with Crippen molar-refractivity contribution in [2.75, 3.05) is 0 Å². The third kappa shape index (κ3) is 2.29. The molecule has 1 heterocycles. The van der Waals surface area contributed by atoms with Crippen molar-refractivity contribution in [1.82, 2.24) is 20.2 Å². The zero-order valence-electron chi connectivity index (χ0n) is 9.56. The van der Waals surface area contributed by atoms with Crippen molar-refractivity contribution in [3.63, 3.8) is 0 Å². The number of alkyl halides is 1. The summed E-state index contributed by atoms with van der Waals surface area (Å²) in [4.78, 5) is 0. The maximum atomic E-state index is 13.5. The highest BCUT2D eigenvalue weighted by molar-refractivity contribution is 6.16. The van der Waals surface area contributed by atoms with Crippen molar-refractivity contribution in [2.45, 2.75) is 25.8 Å². The third-order valence-electron chi connectivity index (χ3n) is 2.73. The van der Waals surface area contributed by atoms with Crippen LogP contribution < -0.4 is 0 Å². The van der Waals surface area contributed by atoms with Gasteiger partial charge in [0.15, 0.2) is 5.82 Å². The van der Waals surface area contributed by atoms with Crippen molar-refractivity contribution >= 4 is 11.6 Å². The van der Waals surface area contributed by atoms with Crippen LogP contribution in [-0.4, -0.2) is 20.2 Å². The smallest absolute Gasteiger partial charge is 0.166 e. The molecule has 0 fully saturated rings. The molecule has 0 saturated carbocycles. The van der Waals surface area contributed by atoms with E-state index in [-0.39, 0.29) is 17.7 Å². The van der Waals surface area contributed by atoms with Gasteiger partial charge in [-0.25, -0.2) is 9.07 Å². The lowest BCUT2D eigenvalue weighted by atomic mass is 10.1. The molecule has 90 valence electrons. The summed E-state index contributed by atoms with van der Waals surface area (Å²) >= 11 is 5.72. The van der Waals surface area contributed by atoms with Crippen molar-refractivity contribution in [1.29, 1.82) is 0 Å². The molecule has 1 aromatic carbocycles. The summed E-state index contributed by atoms with van der Waals surface area (Å²) in [6.07, 6.45) is 0. The van der Waals surface area contributed by atoms with E-state index >= 15 is 0 Å². The molecule has 6 heteroatoms. The van der Waals surface area contributed by atoms with Crippen LogP contribution in [-0.2, 0) is 5.88 Å². The monoisotopic (exact) mass is 254 g/mol. The van der Waals surface area contributed by atoms with Crippen LogP contribution in [0.1, 0.15) is 29.9 Å². The maximum Gasteiger partial charge on any atom is 0.166 e. The SMILES string of the molecule is Cc1ccc(C(C)n2nnnc2CCl)cc1F.